The predicted molar refractivity (Wildman–Crippen MR) is 48.6 cm³/mol. The average Bonchev–Trinajstić information content (AvgIpc) is 2.08. The molecule has 3 heteroatoms. The molecule has 0 spiro atoms. The summed E-state index contributed by atoms with van der Waals surface area (Å²) < 4.78 is 0. The predicted octanol–water partition coefficient (Wildman–Crippen LogP) is 1.22. The first-order valence-corrected chi connectivity index (χ1v) is 3.91. The van der Waals surface area contributed by atoms with Gasteiger partial charge in [-0.3, -0.25) is 11.3 Å². The van der Waals surface area contributed by atoms with Gasteiger partial charge in [0.15, 0.2) is 0 Å². The molecule has 1 atom stereocenters. The van der Waals surface area contributed by atoms with Gasteiger partial charge in [0.2, 0.25) is 0 Å². The van der Waals surface area contributed by atoms with Gasteiger partial charge < -0.3 is 5.11 Å². The van der Waals surface area contributed by atoms with Crippen molar-refractivity contribution in [3.8, 4) is 5.75 Å². The molecule has 12 heavy (non-hydrogen) atoms. The van der Waals surface area contributed by atoms with Crippen LogP contribution in [0.25, 0.3) is 0 Å². The lowest BCUT2D eigenvalue weighted by atomic mass is 10.1. The highest BCUT2D eigenvalue weighted by molar-refractivity contribution is 5.37. The number of nitrogens with two attached hydrogens (primary N) is 1. The zero-order chi connectivity index (χ0) is 9.14. The molecule has 0 heterocycles. The van der Waals surface area contributed by atoms with Gasteiger partial charge in [-0.1, -0.05) is 17.7 Å². The Labute approximate surface area is 72.2 Å². The largest absolute Gasteiger partial charge is 0.508 e. The maximum Gasteiger partial charge on any atom is 0.120 e. The third kappa shape index (κ3) is 1.75. The van der Waals surface area contributed by atoms with E-state index in [9.17, 15) is 5.11 Å². The normalized spacial score (nSPS) is 12.9. The molecule has 0 aliphatic carbocycles. The maximum absolute atomic E-state index is 9.44. The topological polar surface area (TPSA) is 58.3 Å². The van der Waals surface area contributed by atoms with E-state index in [1.165, 1.54) is 0 Å². The second-order valence-electron chi connectivity index (χ2n) is 2.95. The van der Waals surface area contributed by atoms with Crippen LogP contribution in [0.1, 0.15) is 24.1 Å². The molecule has 0 aromatic heterocycles. The number of benzene rings is 1. The standard InChI is InChI=1S/C9H14N2O/c1-6-3-4-9(12)8(5-6)7(2)11-10/h3-5,7,11-12H,10H2,1-2H3/t7-/m0/s1. The molecule has 0 fully saturated rings. The maximum atomic E-state index is 9.44. The van der Waals surface area contributed by atoms with Crippen molar-refractivity contribution in [1.82, 2.24) is 5.43 Å². The number of nitrogens with one attached hydrogen (secondary N) is 1. The molecule has 0 unspecified atom stereocenters. The van der Waals surface area contributed by atoms with E-state index in [1.54, 1.807) is 6.07 Å². The van der Waals surface area contributed by atoms with E-state index >= 15 is 0 Å². The summed E-state index contributed by atoms with van der Waals surface area (Å²) in [5.41, 5.74) is 4.54. The van der Waals surface area contributed by atoms with Crippen LogP contribution in [0.4, 0.5) is 0 Å². The van der Waals surface area contributed by atoms with Gasteiger partial charge in [-0.05, 0) is 19.9 Å². The van der Waals surface area contributed by atoms with Crippen LogP contribution in [-0.2, 0) is 0 Å². The molecule has 3 nitrogen and oxygen atoms in total. The fraction of sp³-hybridized carbons (Fsp3) is 0.333. The fourth-order valence-electron chi connectivity index (χ4n) is 1.11. The van der Waals surface area contributed by atoms with Crippen LogP contribution in [0.5, 0.6) is 5.75 Å². The summed E-state index contributed by atoms with van der Waals surface area (Å²) in [5.74, 6) is 5.55. The number of hydrazine groups is 1. The minimum Gasteiger partial charge on any atom is -0.508 e. The third-order valence-corrected chi connectivity index (χ3v) is 1.90. The summed E-state index contributed by atoms with van der Waals surface area (Å²) in [6.07, 6.45) is 0. The van der Waals surface area contributed by atoms with Crippen molar-refractivity contribution in [2.75, 3.05) is 0 Å². The van der Waals surface area contributed by atoms with Gasteiger partial charge in [-0.2, -0.15) is 0 Å². The first-order chi connectivity index (χ1) is 5.65. The van der Waals surface area contributed by atoms with Crippen molar-refractivity contribution in [3.63, 3.8) is 0 Å². The highest BCUT2D eigenvalue weighted by Gasteiger charge is 2.07. The second kappa shape index (κ2) is 3.56. The van der Waals surface area contributed by atoms with Crippen LogP contribution in [0.3, 0.4) is 0 Å². The molecule has 4 N–H and O–H groups in total. The summed E-state index contributed by atoms with van der Waals surface area (Å²) >= 11 is 0. The Balaban J connectivity index is 3.04. The number of phenolic OH excluding ortho intramolecular Hbond substituents is 1. The Kier molecular flexibility index (Phi) is 2.68. The highest BCUT2D eigenvalue weighted by atomic mass is 16.3. The summed E-state index contributed by atoms with van der Waals surface area (Å²) in [4.78, 5) is 0. The minimum atomic E-state index is -0.0232. The van der Waals surface area contributed by atoms with Gasteiger partial charge in [0, 0.05) is 11.6 Å². The van der Waals surface area contributed by atoms with E-state index in [0.29, 0.717) is 0 Å². The van der Waals surface area contributed by atoms with E-state index in [1.807, 2.05) is 26.0 Å². The molecule has 1 aromatic rings. The second-order valence-corrected chi connectivity index (χ2v) is 2.95. The molecular weight excluding hydrogens is 152 g/mol. The lowest BCUT2D eigenvalue weighted by molar-refractivity contribution is 0.454. The summed E-state index contributed by atoms with van der Waals surface area (Å²) in [5, 5.41) is 9.44. The SMILES string of the molecule is Cc1ccc(O)c([C@H](C)NN)c1. The molecule has 0 aliphatic rings. The zero-order valence-corrected chi connectivity index (χ0v) is 7.33. The van der Waals surface area contributed by atoms with Crippen LogP contribution >= 0.6 is 0 Å². The quantitative estimate of drug-likeness (QED) is 0.457. The molecule has 0 amide bonds. The van der Waals surface area contributed by atoms with Crippen molar-refractivity contribution in [3.05, 3.63) is 29.3 Å². The van der Waals surface area contributed by atoms with Gasteiger partial charge in [0.1, 0.15) is 5.75 Å². The molecule has 0 bridgehead atoms. The molecule has 0 saturated heterocycles. The molecule has 0 radical (unpaired) electrons. The number of hydrogen-bond acceptors (Lipinski definition) is 3. The Morgan fingerprint density at radius 2 is 2.17 bits per heavy atom. The Hall–Kier alpha value is -1.06. The number of phenols is 1. The Morgan fingerprint density at radius 3 is 2.75 bits per heavy atom. The molecule has 1 aromatic carbocycles. The Morgan fingerprint density at radius 1 is 1.50 bits per heavy atom. The first kappa shape index (κ1) is 9.03. The van der Waals surface area contributed by atoms with E-state index in [2.05, 4.69) is 5.43 Å². The highest BCUT2D eigenvalue weighted by Crippen LogP contribution is 2.23. The van der Waals surface area contributed by atoms with Crippen molar-refractivity contribution in [2.45, 2.75) is 19.9 Å². The number of hydrogen-bond donors (Lipinski definition) is 3. The van der Waals surface area contributed by atoms with Gasteiger partial charge in [-0.25, -0.2) is 0 Å². The summed E-state index contributed by atoms with van der Waals surface area (Å²) in [6.45, 7) is 3.88. The lowest BCUT2D eigenvalue weighted by Crippen LogP contribution is -2.25. The lowest BCUT2D eigenvalue weighted by Gasteiger charge is -2.12. The van der Waals surface area contributed by atoms with E-state index < -0.39 is 0 Å². The van der Waals surface area contributed by atoms with Crippen LogP contribution in [0.2, 0.25) is 0 Å². The monoisotopic (exact) mass is 166 g/mol. The van der Waals surface area contributed by atoms with Gasteiger partial charge in [0.05, 0.1) is 0 Å². The van der Waals surface area contributed by atoms with Crippen LogP contribution in [0, 0.1) is 6.92 Å². The van der Waals surface area contributed by atoms with E-state index in [-0.39, 0.29) is 11.8 Å². The van der Waals surface area contributed by atoms with Crippen molar-refractivity contribution in [2.24, 2.45) is 5.84 Å². The fourth-order valence-corrected chi connectivity index (χ4v) is 1.11. The van der Waals surface area contributed by atoms with E-state index in [0.717, 1.165) is 11.1 Å². The molecule has 0 aliphatic heterocycles. The smallest absolute Gasteiger partial charge is 0.120 e. The van der Waals surface area contributed by atoms with Crippen LogP contribution < -0.4 is 11.3 Å². The van der Waals surface area contributed by atoms with Gasteiger partial charge >= 0.3 is 0 Å². The van der Waals surface area contributed by atoms with Crippen molar-refractivity contribution >= 4 is 0 Å². The van der Waals surface area contributed by atoms with Crippen molar-refractivity contribution in [1.29, 1.82) is 0 Å². The van der Waals surface area contributed by atoms with Crippen LogP contribution in [0.15, 0.2) is 18.2 Å². The molecule has 66 valence electrons. The van der Waals surface area contributed by atoms with E-state index in [4.69, 9.17) is 5.84 Å². The number of aryl methyl sites for hydroxylation is 1. The van der Waals surface area contributed by atoms with Gasteiger partial charge in [0.25, 0.3) is 0 Å². The average molecular weight is 166 g/mol. The first-order valence-electron chi connectivity index (χ1n) is 3.91. The Bertz CT molecular complexity index is 273. The van der Waals surface area contributed by atoms with Crippen LogP contribution in [-0.4, -0.2) is 5.11 Å². The number of rotatable bonds is 2. The minimum absolute atomic E-state index is 0.0232. The van der Waals surface area contributed by atoms with Gasteiger partial charge in [-0.15, -0.1) is 0 Å². The third-order valence-electron chi connectivity index (χ3n) is 1.90. The zero-order valence-electron chi connectivity index (χ0n) is 7.33. The molecule has 1 rings (SSSR count). The van der Waals surface area contributed by atoms with Crippen molar-refractivity contribution < 1.29 is 5.11 Å². The summed E-state index contributed by atoms with van der Waals surface area (Å²) in [6, 6.07) is 5.44. The molecule has 0 saturated carbocycles. The number of aromatic hydroxyl groups is 1. The molecular formula is C9H14N2O. The summed E-state index contributed by atoms with van der Waals surface area (Å²) in [7, 11) is 0.